The van der Waals surface area contributed by atoms with Crippen LogP contribution in [0.15, 0.2) is 42.7 Å². The number of carbonyl (C=O) groups excluding carboxylic acids is 1. The van der Waals surface area contributed by atoms with Crippen molar-refractivity contribution in [2.24, 2.45) is 11.5 Å². The number of nitrogens with zero attached hydrogens (tertiary/aromatic N) is 2. The van der Waals surface area contributed by atoms with E-state index in [1.165, 1.54) is 0 Å². The maximum atomic E-state index is 14.8. The van der Waals surface area contributed by atoms with Crippen LogP contribution in [0.2, 0.25) is 0 Å². The highest BCUT2D eigenvalue weighted by Gasteiger charge is 2.24. The topological polar surface area (TPSA) is 137 Å². The summed E-state index contributed by atoms with van der Waals surface area (Å²) in [6.07, 6.45) is 7.04. The van der Waals surface area contributed by atoms with Crippen molar-refractivity contribution in [3.05, 3.63) is 54.1 Å². The van der Waals surface area contributed by atoms with Crippen LogP contribution in [0.25, 0.3) is 11.1 Å². The lowest BCUT2D eigenvalue weighted by molar-refractivity contribution is 0.100. The second-order valence-electron chi connectivity index (χ2n) is 8.72. The van der Waals surface area contributed by atoms with Crippen LogP contribution in [0, 0.1) is 5.82 Å². The van der Waals surface area contributed by atoms with Gasteiger partial charge < -0.3 is 31.6 Å². The Hall–Kier alpha value is -3.92. The van der Waals surface area contributed by atoms with Crippen molar-refractivity contribution in [3.63, 3.8) is 0 Å². The SMILES string of the molecule is NC(=O)c1cc(F)c(N[C@@H]2CCCC[C@@H]2N)nc1Nc1cncc(-c2ccc3c(c2)OCCO3)c1. The van der Waals surface area contributed by atoms with E-state index in [2.05, 4.69) is 20.6 Å². The predicted octanol–water partition coefficient (Wildman–Crippen LogP) is 3.58. The third kappa shape index (κ3) is 4.97. The second-order valence-corrected chi connectivity index (χ2v) is 8.72. The molecule has 3 aromatic rings. The third-order valence-corrected chi connectivity index (χ3v) is 6.26. The van der Waals surface area contributed by atoms with Crippen LogP contribution >= 0.6 is 0 Å². The highest BCUT2D eigenvalue weighted by Crippen LogP contribution is 2.35. The Morgan fingerprint density at radius 1 is 1.00 bits per heavy atom. The molecule has 0 unspecified atom stereocenters. The molecule has 2 aliphatic rings. The minimum absolute atomic E-state index is 0.0239. The van der Waals surface area contributed by atoms with Crippen molar-refractivity contribution in [2.75, 3.05) is 23.8 Å². The maximum absolute atomic E-state index is 14.8. The van der Waals surface area contributed by atoms with E-state index in [0.29, 0.717) is 30.4 Å². The zero-order valence-electron chi connectivity index (χ0n) is 19.1. The van der Waals surface area contributed by atoms with E-state index in [1.807, 2.05) is 24.3 Å². The van der Waals surface area contributed by atoms with Crippen LogP contribution in [-0.4, -0.2) is 41.2 Å². The van der Waals surface area contributed by atoms with Gasteiger partial charge in [0.1, 0.15) is 19.0 Å². The molecule has 1 aliphatic heterocycles. The molecule has 3 heterocycles. The zero-order chi connectivity index (χ0) is 24.4. The summed E-state index contributed by atoms with van der Waals surface area (Å²) in [7, 11) is 0. The van der Waals surface area contributed by atoms with Crippen molar-refractivity contribution in [1.29, 1.82) is 0 Å². The minimum atomic E-state index is -0.796. The molecule has 1 aromatic carbocycles. The van der Waals surface area contributed by atoms with Crippen LogP contribution in [-0.2, 0) is 0 Å². The van der Waals surface area contributed by atoms with Gasteiger partial charge in [-0.15, -0.1) is 0 Å². The first kappa shape index (κ1) is 22.9. The molecule has 2 atom stereocenters. The van der Waals surface area contributed by atoms with Crippen molar-refractivity contribution >= 4 is 23.2 Å². The van der Waals surface area contributed by atoms with Gasteiger partial charge in [0, 0.05) is 23.8 Å². The minimum Gasteiger partial charge on any atom is -0.486 e. The van der Waals surface area contributed by atoms with Gasteiger partial charge in [-0.1, -0.05) is 18.9 Å². The predicted molar refractivity (Wildman–Crippen MR) is 131 cm³/mol. The van der Waals surface area contributed by atoms with Crippen LogP contribution in [0.1, 0.15) is 36.0 Å². The molecule has 182 valence electrons. The number of hydrogen-bond acceptors (Lipinski definition) is 8. The molecule has 0 radical (unpaired) electrons. The van der Waals surface area contributed by atoms with Gasteiger partial charge in [0.2, 0.25) is 0 Å². The number of benzene rings is 1. The number of nitrogens with two attached hydrogens (primary N) is 2. The Morgan fingerprint density at radius 2 is 1.80 bits per heavy atom. The number of carbonyl (C=O) groups is 1. The lowest BCUT2D eigenvalue weighted by atomic mass is 9.91. The number of anilines is 3. The summed E-state index contributed by atoms with van der Waals surface area (Å²) in [5.41, 5.74) is 13.9. The number of nitrogens with one attached hydrogen (secondary N) is 2. The van der Waals surface area contributed by atoms with Gasteiger partial charge in [-0.3, -0.25) is 9.78 Å². The molecule has 9 nitrogen and oxygen atoms in total. The van der Waals surface area contributed by atoms with Gasteiger partial charge in [-0.2, -0.15) is 0 Å². The molecule has 1 fully saturated rings. The first-order valence-electron chi connectivity index (χ1n) is 11.6. The van der Waals surface area contributed by atoms with E-state index >= 15 is 0 Å². The highest BCUT2D eigenvalue weighted by atomic mass is 19.1. The summed E-state index contributed by atoms with van der Waals surface area (Å²) >= 11 is 0. The Kier molecular flexibility index (Phi) is 6.37. The van der Waals surface area contributed by atoms with Gasteiger partial charge in [0.15, 0.2) is 23.1 Å². The van der Waals surface area contributed by atoms with E-state index in [1.54, 1.807) is 12.4 Å². The van der Waals surface area contributed by atoms with E-state index in [4.69, 9.17) is 20.9 Å². The average Bonchev–Trinajstić information content (AvgIpc) is 2.87. The molecule has 1 saturated carbocycles. The van der Waals surface area contributed by atoms with Gasteiger partial charge >= 0.3 is 0 Å². The summed E-state index contributed by atoms with van der Waals surface area (Å²) in [4.78, 5) is 20.7. The smallest absolute Gasteiger partial charge is 0.252 e. The maximum Gasteiger partial charge on any atom is 0.252 e. The molecule has 1 amide bonds. The first-order valence-corrected chi connectivity index (χ1v) is 11.6. The average molecular weight is 479 g/mol. The number of rotatable bonds is 6. The Balaban J connectivity index is 1.43. The second kappa shape index (κ2) is 9.75. The number of pyridine rings is 2. The molecule has 35 heavy (non-hydrogen) atoms. The monoisotopic (exact) mass is 478 g/mol. The quantitative estimate of drug-likeness (QED) is 0.422. The fraction of sp³-hybridized carbons (Fsp3) is 0.320. The van der Waals surface area contributed by atoms with Crippen molar-refractivity contribution in [1.82, 2.24) is 9.97 Å². The number of hydrogen-bond donors (Lipinski definition) is 4. The fourth-order valence-electron chi connectivity index (χ4n) is 4.41. The third-order valence-electron chi connectivity index (χ3n) is 6.26. The van der Waals surface area contributed by atoms with E-state index in [0.717, 1.165) is 42.9 Å². The van der Waals surface area contributed by atoms with E-state index in [-0.39, 0.29) is 29.3 Å². The Labute approximate surface area is 202 Å². The van der Waals surface area contributed by atoms with Crippen LogP contribution in [0.4, 0.5) is 21.7 Å². The number of fused-ring (bicyclic) bond motifs is 1. The molecule has 0 bridgehead atoms. The Morgan fingerprint density at radius 3 is 2.60 bits per heavy atom. The number of amides is 1. The number of halogens is 1. The van der Waals surface area contributed by atoms with Gasteiger partial charge in [0.25, 0.3) is 5.91 Å². The van der Waals surface area contributed by atoms with E-state index in [9.17, 15) is 9.18 Å². The lowest BCUT2D eigenvalue weighted by Crippen LogP contribution is -2.43. The molecule has 10 heteroatoms. The zero-order valence-corrected chi connectivity index (χ0v) is 19.1. The van der Waals surface area contributed by atoms with Crippen LogP contribution in [0.5, 0.6) is 11.5 Å². The van der Waals surface area contributed by atoms with E-state index < -0.39 is 11.7 Å². The summed E-state index contributed by atoms with van der Waals surface area (Å²) < 4.78 is 26.1. The largest absolute Gasteiger partial charge is 0.486 e. The highest BCUT2D eigenvalue weighted by molar-refractivity contribution is 5.98. The normalized spacial score (nSPS) is 19.1. The first-order chi connectivity index (χ1) is 17.0. The number of ether oxygens (including phenoxy) is 2. The summed E-state index contributed by atoms with van der Waals surface area (Å²) in [5.74, 6) is 0.0604. The lowest BCUT2D eigenvalue weighted by Gasteiger charge is -2.30. The van der Waals surface area contributed by atoms with Crippen molar-refractivity contribution < 1.29 is 18.7 Å². The van der Waals surface area contributed by atoms with Crippen molar-refractivity contribution in [3.8, 4) is 22.6 Å². The Bertz CT molecular complexity index is 1250. The number of primary amides is 1. The molecular formula is C25H27FN6O3. The van der Waals surface area contributed by atoms with Crippen LogP contribution in [0.3, 0.4) is 0 Å². The summed E-state index contributed by atoms with van der Waals surface area (Å²) in [6.45, 7) is 1.01. The molecule has 5 rings (SSSR count). The van der Waals surface area contributed by atoms with Gasteiger partial charge in [-0.05, 0) is 42.7 Å². The fourth-order valence-corrected chi connectivity index (χ4v) is 4.41. The van der Waals surface area contributed by atoms with Gasteiger partial charge in [0.05, 0.1) is 17.4 Å². The summed E-state index contributed by atoms with van der Waals surface area (Å²) in [5, 5.41) is 6.19. The molecule has 0 spiro atoms. The number of aromatic nitrogens is 2. The molecule has 2 aromatic heterocycles. The van der Waals surface area contributed by atoms with Crippen molar-refractivity contribution in [2.45, 2.75) is 37.8 Å². The van der Waals surface area contributed by atoms with Crippen LogP contribution < -0.4 is 31.6 Å². The van der Waals surface area contributed by atoms with Gasteiger partial charge in [-0.25, -0.2) is 9.37 Å². The molecule has 0 saturated heterocycles. The molecular weight excluding hydrogens is 451 g/mol. The molecule has 6 N–H and O–H groups in total. The summed E-state index contributed by atoms with van der Waals surface area (Å²) in [6, 6.07) is 8.39. The molecule has 1 aliphatic carbocycles. The standard InChI is InChI=1S/C25H27FN6O3/c26-18-11-17(23(28)33)24(32-25(18)31-20-4-2-1-3-19(20)27)30-16-9-15(12-29-13-16)14-5-6-21-22(10-14)35-8-7-34-21/h5-6,9-13,19-20H,1-4,7-8,27H2,(H2,28,33)(H2,30,31,32)/t19-,20+/m0/s1.